The molecule has 0 aromatic carbocycles. The number of ketones is 7. The topological polar surface area (TPSA) is 137 Å². The highest BCUT2D eigenvalue weighted by atomic mass is 16.2. The molecule has 13 unspecified atom stereocenters. The van der Waals surface area contributed by atoms with Crippen LogP contribution < -0.4 is 0 Å². The van der Waals surface area contributed by atoms with Crippen molar-refractivity contribution < 1.29 is 38.4 Å². The maximum absolute atomic E-state index is 12.4. The molecule has 0 amide bonds. The molecular weight excluding hydrogens is 1350 g/mol. The zero-order valence-corrected chi connectivity index (χ0v) is 78.4. The fraction of sp³-hybridized carbons (Fsp3) is 0.784. The molecule has 0 aromatic rings. The lowest BCUT2D eigenvalue weighted by Crippen LogP contribution is -2.44. The van der Waals surface area contributed by atoms with Gasteiger partial charge in [-0.1, -0.05) is 259 Å². The molecule has 5 fully saturated rings. The van der Waals surface area contributed by atoms with Gasteiger partial charge in [-0.15, -0.1) is 6.58 Å². The van der Waals surface area contributed by atoms with Crippen molar-refractivity contribution in [3.63, 3.8) is 0 Å². The lowest BCUT2D eigenvalue weighted by Gasteiger charge is -2.50. The minimum Gasteiger partial charge on any atom is -0.303 e. The third kappa shape index (κ3) is 37.9. The molecule has 632 valence electrons. The van der Waals surface area contributed by atoms with Gasteiger partial charge in [0.2, 0.25) is 0 Å². The molecule has 0 bridgehead atoms. The van der Waals surface area contributed by atoms with Crippen LogP contribution in [0.25, 0.3) is 0 Å². The zero-order chi connectivity index (χ0) is 85.6. The maximum atomic E-state index is 12.4. The molecule has 0 saturated heterocycles. The van der Waals surface area contributed by atoms with Gasteiger partial charge in [-0.3, -0.25) is 24.0 Å². The highest BCUT2D eigenvalue weighted by Crippen LogP contribution is 2.53. The van der Waals surface area contributed by atoms with Crippen molar-refractivity contribution >= 4 is 46.8 Å². The monoisotopic (exact) mass is 1530 g/mol. The van der Waals surface area contributed by atoms with Gasteiger partial charge in [0.1, 0.15) is 41.0 Å². The summed E-state index contributed by atoms with van der Waals surface area (Å²) < 4.78 is 0. The maximum Gasteiger partial charge on any atom is 0.159 e. The Morgan fingerprint density at radius 1 is 0.609 bits per heavy atom. The van der Waals surface area contributed by atoms with Crippen molar-refractivity contribution in [2.75, 3.05) is 0 Å². The second kappa shape index (κ2) is 48.2. The third-order valence-corrected chi connectivity index (χ3v) is 26.7. The van der Waals surface area contributed by atoms with Gasteiger partial charge in [-0.2, -0.15) is 0 Å². The molecule has 0 aliphatic heterocycles. The van der Waals surface area contributed by atoms with Crippen LogP contribution in [0.1, 0.15) is 390 Å². The molecule has 0 heterocycles. The van der Waals surface area contributed by atoms with Crippen LogP contribution in [0.15, 0.2) is 83.1 Å². The Morgan fingerprint density at radius 2 is 1.14 bits per heavy atom. The van der Waals surface area contributed by atoms with E-state index in [9.17, 15) is 38.4 Å². The Kier molecular flexibility index (Phi) is 46.2. The molecule has 0 aromatic heterocycles. The Balaban J connectivity index is 0.00000124. The normalized spacial score (nSPS) is 27.2. The van der Waals surface area contributed by atoms with Crippen LogP contribution in [0.5, 0.6) is 0 Å². The SMILES string of the molecule is C=C(C)C1CC(=O)C(C)C(C)C1.C=CCCC(=O)C1CC(C)(C)CCC1C.CC(=O)CC(C)C1=C(C)C=CCC1(C)C.CC(=O)CC(C)C1C(C)CCC(C)C1(C)C.CC(C)=CCCC(C)(C)CC=O.CC(C)CC(=O)C1C(C)CCC(C)C1(C)C.CC1(C)CCCC(=O)C1.CC1=C(C(=O)CC(C)C)C(C)(C)CC=C1. The largest absolute Gasteiger partial charge is 0.303 e. The Hall–Kier alpha value is -4.46. The number of hydrogen-bond acceptors (Lipinski definition) is 8. The van der Waals surface area contributed by atoms with E-state index in [1.165, 1.54) is 67.2 Å². The van der Waals surface area contributed by atoms with Gasteiger partial charge in [0, 0.05) is 81.1 Å². The summed E-state index contributed by atoms with van der Waals surface area (Å²) in [6.45, 7) is 81.5. The van der Waals surface area contributed by atoms with Crippen molar-refractivity contribution in [1.29, 1.82) is 0 Å². The predicted octanol–water partition coefficient (Wildman–Crippen LogP) is 28.7. The van der Waals surface area contributed by atoms with E-state index in [1.54, 1.807) is 13.8 Å². The van der Waals surface area contributed by atoms with E-state index in [-0.39, 0.29) is 39.3 Å². The highest BCUT2D eigenvalue weighted by molar-refractivity contribution is 5.98. The first-order valence-corrected chi connectivity index (χ1v) is 44.0. The third-order valence-electron chi connectivity index (χ3n) is 26.7. The van der Waals surface area contributed by atoms with Gasteiger partial charge in [-0.25, -0.2) is 0 Å². The van der Waals surface area contributed by atoms with Crippen LogP contribution in [-0.4, -0.2) is 46.8 Å². The summed E-state index contributed by atoms with van der Waals surface area (Å²) in [6, 6.07) is 0. The number of rotatable bonds is 22. The molecule has 0 radical (unpaired) electrons. The number of Topliss-reactive ketones (excluding diaryl/α,β-unsaturated/α-hetero) is 7. The Bertz CT molecular complexity index is 3090. The van der Waals surface area contributed by atoms with Gasteiger partial charge >= 0.3 is 0 Å². The van der Waals surface area contributed by atoms with Crippen LogP contribution in [0.3, 0.4) is 0 Å². The van der Waals surface area contributed by atoms with Gasteiger partial charge in [0.15, 0.2) is 5.78 Å². The second-order valence-corrected chi connectivity index (χ2v) is 42.6. The smallest absolute Gasteiger partial charge is 0.159 e. The van der Waals surface area contributed by atoms with Gasteiger partial charge in [-0.05, 0) is 253 Å². The second-order valence-electron chi connectivity index (χ2n) is 42.6. The summed E-state index contributed by atoms with van der Waals surface area (Å²) in [4.78, 5) is 91.7. The lowest BCUT2D eigenvalue weighted by atomic mass is 9.55. The van der Waals surface area contributed by atoms with E-state index in [0.717, 1.165) is 113 Å². The van der Waals surface area contributed by atoms with E-state index >= 15 is 0 Å². The zero-order valence-electron chi connectivity index (χ0n) is 78.4. The fourth-order valence-corrected chi connectivity index (χ4v) is 19.5. The quantitative estimate of drug-likeness (QED) is 0.0772. The molecule has 110 heavy (non-hydrogen) atoms. The van der Waals surface area contributed by atoms with Gasteiger partial charge in [0.25, 0.3) is 0 Å². The summed E-state index contributed by atoms with van der Waals surface area (Å²) in [5.74, 6) is 10.5. The van der Waals surface area contributed by atoms with E-state index < -0.39 is 0 Å². The minimum atomic E-state index is 0.0187. The summed E-state index contributed by atoms with van der Waals surface area (Å²) in [7, 11) is 0. The minimum absolute atomic E-state index is 0.0187. The molecule has 13 atom stereocenters. The number of hydrogen-bond donors (Lipinski definition) is 0. The van der Waals surface area contributed by atoms with Crippen LogP contribution >= 0.6 is 0 Å². The molecule has 5 saturated carbocycles. The summed E-state index contributed by atoms with van der Waals surface area (Å²) in [5, 5.41) is 0. The van der Waals surface area contributed by atoms with E-state index in [1.807, 2.05) is 26.8 Å². The molecule has 0 spiro atoms. The first-order valence-electron chi connectivity index (χ1n) is 44.0. The molecule has 8 nitrogen and oxygen atoms in total. The van der Waals surface area contributed by atoms with Crippen molar-refractivity contribution in [3.05, 3.63) is 83.1 Å². The molecule has 7 rings (SSSR count). The number of allylic oxidation sites excluding steroid dienone is 12. The van der Waals surface area contributed by atoms with Crippen LogP contribution in [0.4, 0.5) is 0 Å². The average molecular weight is 1530 g/mol. The molecule has 0 N–H and O–H groups in total. The van der Waals surface area contributed by atoms with Crippen molar-refractivity contribution in [2.45, 2.75) is 390 Å². The predicted molar refractivity (Wildman–Crippen MR) is 474 cm³/mol. The van der Waals surface area contributed by atoms with Crippen molar-refractivity contribution in [3.8, 4) is 0 Å². The number of carbonyl (C=O) groups excluding carboxylic acids is 8. The first kappa shape index (κ1) is 106. The molecule has 7 aliphatic rings. The standard InChI is InChI=1S/2C15H28O.2C14H22O.C14H24O.C11H18O.C11H20O.C8H14O/c1-10-7-8-12(3)15(5,6)14(10)11(2)9-13(4)16;1-10(2)9-13(16)14-11(3)7-8-12(4)15(14,5)6;1-10-7-6-8-14(4,5)13(10)11(2)9-12(3)15;1-10(2)9-12(15)13-11(3)7-6-8-14(13,4)5;1-5-6-7-13(15)12-10-14(3,4)9-8-11(12)2;1-7(2)10-5-8(3)9(4)11(12)6-10;1-10(2)6-5-7-11(3,4)8-9-12;1-8(2)5-3-4-7(9)6-8/h2*10-12,14H,7-9H2,1-6H3;6-7,11H,8-9H2,1-5H3;6-7,10H,8-9H2,1-5H3;5,11-12H,1,6-10H2,2-4H3;8-10H,1,5-6H2,2-4H3;6,9H,5,7-8H2,1-4H3;3-6H2,1-2H3. The molecular formula is C102H176O8. The van der Waals surface area contributed by atoms with Gasteiger partial charge in [0.05, 0.1) is 0 Å². The van der Waals surface area contributed by atoms with E-state index in [4.69, 9.17) is 0 Å². The van der Waals surface area contributed by atoms with Crippen molar-refractivity contribution in [2.24, 2.45) is 127 Å². The summed E-state index contributed by atoms with van der Waals surface area (Å²) in [5.41, 5.74) is 9.16. The van der Waals surface area contributed by atoms with E-state index in [2.05, 4.69) is 244 Å². The Labute approximate surface area is 680 Å². The lowest BCUT2D eigenvalue weighted by molar-refractivity contribution is -0.134. The van der Waals surface area contributed by atoms with Gasteiger partial charge < -0.3 is 14.4 Å². The fourth-order valence-electron chi connectivity index (χ4n) is 19.5. The summed E-state index contributed by atoms with van der Waals surface area (Å²) >= 11 is 0. The molecule has 7 aliphatic carbocycles. The highest BCUT2D eigenvalue weighted by Gasteiger charge is 2.46. The number of carbonyl (C=O) groups is 8. The average Bonchev–Trinajstić information content (AvgIpc) is 0.785. The Morgan fingerprint density at radius 3 is 1.59 bits per heavy atom. The van der Waals surface area contributed by atoms with Crippen LogP contribution in [0.2, 0.25) is 0 Å². The van der Waals surface area contributed by atoms with Crippen molar-refractivity contribution in [1.82, 2.24) is 0 Å². The van der Waals surface area contributed by atoms with E-state index in [0.29, 0.717) is 142 Å². The molecule has 8 heteroatoms. The first-order chi connectivity index (χ1) is 50.3. The number of aldehydes is 1. The van der Waals surface area contributed by atoms with Crippen LogP contribution in [-0.2, 0) is 38.4 Å². The summed E-state index contributed by atoms with van der Waals surface area (Å²) in [6.07, 6.45) is 37.6. The van der Waals surface area contributed by atoms with Crippen LogP contribution in [0, 0.1) is 127 Å².